The number of nitrogens with one attached hydrogen (secondary N) is 3. The topological polar surface area (TPSA) is 145 Å². The van der Waals surface area contributed by atoms with Crippen LogP contribution in [0.3, 0.4) is 0 Å². The molecule has 3 heterocycles. The number of carbonyl (C=O) groups excluding carboxylic acids is 4. The van der Waals surface area contributed by atoms with Crippen molar-refractivity contribution < 1.29 is 33.4 Å². The van der Waals surface area contributed by atoms with E-state index in [9.17, 15) is 19.2 Å². The van der Waals surface area contributed by atoms with E-state index in [1.807, 2.05) is 19.2 Å². The summed E-state index contributed by atoms with van der Waals surface area (Å²) < 4.78 is 16.6. The Labute approximate surface area is 295 Å². The lowest BCUT2D eigenvalue weighted by Crippen LogP contribution is -2.34. The van der Waals surface area contributed by atoms with Crippen molar-refractivity contribution in [2.45, 2.75) is 72.1 Å². The summed E-state index contributed by atoms with van der Waals surface area (Å²) in [6.45, 7) is 10.0. The molecule has 0 spiro atoms. The minimum absolute atomic E-state index is 0.0416. The van der Waals surface area contributed by atoms with Crippen LogP contribution in [0.5, 0.6) is 5.75 Å². The first-order valence-corrected chi connectivity index (χ1v) is 17.4. The summed E-state index contributed by atoms with van der Waals surface area (Å²) in [6.07, 6.45) is 1.67. The largest absolute Gasteiger partial charge is 0.493 e. The third kappa shape index (κ3) is 8.49. The van der Waals surface area contributed by atoms with Gasteiger partial charge in [0.15, 0.2) is 5.69 Å². The monoisotopic (exact) mass is 698 g/mol. The SMILES string of the molecule is CCC(CC)NC(=O)c1ccc(-c2cc3c(cc2C(=O)Nc2ccc(CNC(=O)OC(C)(C)C)cc2)-c2sccc2CCO3)c(C(=O)OC)n1. The van der Waals surface area contributed by atoms with Gasteiger partial charge in [0.25, 0.3) is 11.8 Å². The number of thiophene rings is 1. The van der Waals surface area contributed by atoms with Gasteiger partial charge in [-0.05, 0) is 92.6 Å². The maximum absolute atomic E-state index is 14.2. The maximum Gasteiger partial charge on any atom is 0.407 e. The molecule has 0 saturated carbocycles. The van der Waals surface area contributed by atoms with E-state index in [0.717, 1.165) is 34.4 Å². The molecule has 4 aromatic rings. The number of pyridine rings is 1. The molecule has 0 saturated heterocycles. The summed E-state index contributed by atoms with van der Waals surface area (Å²) >= 11 is 1.56. The van der Waals surface area contributed by atoms with Gasteiger partial charge in [0.1, 0.15) is 17.0 Å². The lowest BCUT2D eigenvalue weighted by Gasteiger charge is -2.19. The Morgan fingerprint density at radius 2 is 1.68 bits per heavy atom. The van der Waals surface area contributed by atoms with Crippen molar-refractivity contribution in [1.82, 2.24) is 15.6 Å². The Bertz CT molecular complexity index is 1890. The zero-order valence-corrected chi connectivity index (χ0v) is 29.9. The summed E-state index contributed by atoms with van der Waals surface area (Å²) in [5, 5.41) is 10.7. The van der Waals surface area contributed by atoms with Crippen LogP contribution < -0.4 is 20.7 Å². The fraction of sp³-hybridized carbons (Fsp3) is 0.342. The second-order valence-corrected chi connectivity index (χ2v) is 13.8. The summed E-state index contributed by atoms with van der Waals surface area (Å²) in [6, 6.07) is 15.7. The highest BCUT2D eigenvalue weighted by Crippen LogP contribution is 2.43. The van der Waals surface area contributed by atoms with Gasteiger partial charge >= 0.3 is 12.1 Å². The molecule has 0 atom stereocenters. The van der Waals surface area contributed by atoms with Crippen LogP contribution in [-0.4, -0.2) is 54.2 Å². The fourth-order valence-electron chi connectivity index (χ4n) is 5.53. The Kier molecular flexibility index (Phi) is 11.2. The third-order valence-electron chi connectivity index (χ3n) is 8.15. The van der Waals surface area contributed by atoms with Crippen LogP contribution in [0.1, 0.15) is 89.9 Å². The molecule has 5 rings (SSSR count). The van der Waals surface area contributed by atoms with Gasteiger partial charge in [-0.25, -0.2) is 14.6 Å². The standard InChI is InChI=1S/C38H42N4O7S/c1-7-24(8-2)40-35(44)30-14-13-26(32(42-30)36(45)47-6)27-20-31-29(33-23(15-17-48-31)16-18-50-33)19-28(27)34(43)41-25-11-9-22(10-12-25)21-39-37(46)49-38(3,4)5/h9-14,16,18-20,24H,7-8,15,17,21H2,1-6H3,(H,39,46)(H,40,44)(H,41,43). The van der Waals surface area contributed by atoms with E-state index in [4.69, 9.17) is 14.2 Å². The zero-order chi connectivity index (χ0) is 36.0. The number of esters is 1. The van der Waals surface area contributed by atoms with Crippen molar-refractivity contribution in [2.24, 2.45) is 0 Å². The highest BCUT2D eigenvalue weighted by Gasteiger charge is 2.27. The average molecular weight is 699 g/mol. The van der Waals surface area contributed by atoms with Crippen LogP contribution in [0.2, 0.25) is 0 Å². The second-order valence-electron chi connectivity index (χ2n) is 12.8. The molecule has 11 nitrogen and oxygen atoms in total. The molecule has 2 aromatic carbocycles. The maximum atomic E-state index is 14.2. The number of nitrogens with zero attached hydrogens (tertiary/aromatic N) is 1. The molecule has 50 heavy (non-hydrogen) atoms. The lowest BCUT2D eigenvalue weighted by molar-refractivity contribution is 0.0522. The predicted molar refractivity (Wildman–Crippen MR) is 193 cm³/mol. The number of carbonyl (C=O) groups is 4. The van der Waals surface area contributed by atoms with Gasteiger partial charge in [-0.3, -0.25) is 9.59 Å². The minimum atomic E-state index is -0.754. The van der Waals surface area contributed by atoms with E-state index < -0.39 is 29.5 Å². The van der Waals surface area contributed by atoms with E-state index in [1.54, 1.807) is 74.6 Å². The highest BCUT2D eigenvalue weighted by atomic mass is 32.1. The highest BCUT2D eigenvalue weighted by molar-refractivity contribution is 7.13. The summed E-state index contributed by atoms with van der Waals surface area (Å²) in [4.78, 5) is 58.0. The number of benzene rings is 2. The van der Waals surface area contributed by atoms with Crippen LogP contribution in [0.15, 0.2) is 60.0 Å². The molecule has 3 amide bonds. The van der Waals surface area contributed by atoms with Crippen LogP contribution in [0.25, 0.3) is 21.6 Å². The number of fused-ring (bicyclic) bond motifs is 3. The van der Waals surface area contributed by atoms with E-state index in [2.05, 4.69) is 27.0 Å². The summed E-state index contributed by atoms with van der Waals surface area (Å²) in [5.41, 5.74) is 3.52. The molecule has 1 aliphatic heterocycles. The molecule has 0 bridgehead atoms. The van der Waals surface area contributed by atoms with Gasteiger partial charge in [-0.15, -0.1) is 11.3 Å². The molecular weight excluding hydrogens is 657 g/mol. The minimum Gasteiger partial charge on any atom is -0.493 e. The third-order valence-corrected chi connectivity index (χ3v) is 9.14. The van der Waals surface area contributed by atoms with Gasteiger partial charge < -0.3 is 30.2 Å². The zero-order valence-electron chi connectivity index (χ0n) is 29.1. The van der Waals surface area contributed by atoms with Crippen molar-refractivity contribution in [2.75, 3.05) is 19.0 Å². The van der Waals surface area contributed by atoms with Crippen LogP contribution in [-0.2, 0) is 22.4 Å². The number of ether oxygens (including phenoxy) is 3. The average Bonchev–Trinajstić information content (AvgIpc) is 3.49. The fourth-order valence-corrected chi connectivity index (χ4v) is 6.50. The Hall–Kier alpha value is -5.23. The van der Waals surface area contributed by atoms with Gasteiger partial charge in [-0.2, -0.15) is 0 Å². The van der Waals surface area contributed by atoms with Crippen molar-refractivity contribution in [1.29, 1.82) is 0 Å². The molecule has 0 aliphatic carbocycles. The van der Waals surface area contributed by atoms with E-state index in [0.29, 0.717) is 35.6 Å². The Morgan fingerprint density at radius 1 is 0.940 bits per heavy atom. The smallest absolute Gasteiger partial charge is 0.407 e. The van der Waals surface area contributed by atoms with Crippen molar-refractivity contribution >= 4 is 40.9 Å². The quantitative estimate of drug-likeness (QED) is 0.145. The van der Waals surface area contributed by atoms with Crippen LogP contribution in [0, 0.1) is 0 Å². The summed E-state index contributed by atoms with van der Waals surface area (Å²) in [7, 11) is 1.24. The molecule has 12 heteroatoms. The number of alkyl carbamates (subject to hydrolysis) is 1. The molecule has 0 fully saturated rings. The first kappa shape index (κ1) is 36.1. The van der Waals surface area contributed by atoms with Gasteiger partial charge in [0.05, 0.1) is 13.7 Å². The predicted octanol–water partition coefficient (Wildman–Crippen LogP) is 7.39. The van der Waals surface area contributed by atoms with Gasteiger partial charge in [0.2, 0.25) is 0 Å². The van der Waals surface area contributed by atoms with Crippen molar-refractivity contribution in [3.63, 3.8) is 0 Å². The van der Waals surface area contributed by atoms with Crippen LogP contribution in [0.4, 0.5) is 10.5 Å². The van der Waals surface area contributed by atoms with E-state index in [1.165, 1.54) is 13.2 Å². The number of rotatable bonds is 10. The molecule has 1 aliphatic rings. The molecule has 0 radical (unpaired) electrons. The first-order valence-electron chi connectivity index (χ1n) is 16.6. The number of hydrogen-bond donors (Lipinski definition) is 3. The molecule has 0 unspecified atom stereocenters. The number of anilines is 1. The number of amides is 3. The van der Waals surface area contributed by atoms with E-state index >= 15 is 0 Å². The first-order chi connectivity index (χ1) is 23.9. The van der Waals surface area contributed by atoms with E-state index in [-0.39, 0.29) is 29.5 Å². The van der Waals surface area contributed by atoms with Crippen LogP contribution >= 0.6 is 11.3 Å². The number of hydrogen-bond acceptors (Lipinski definition) is 9. The molecule has 3 N–H and O–H groups in total. The Morgan fingerprint density at radius 3 is 2.36 bits per heavy atom. The van der Waals surface area contributed by atoms with Crippen molar-refractivity contribution in [3.05, 3.63) is 88.1 Å². The molecule has 2 aromatic heterocycles. The number of aromatic nitrogens is 1. The summed E-state index contributed by atoms with van der Waals surface area (Å²) in [5.74, 6) is -1.04. The molecule has 262 valence electrons. The normalized spacial score (nSPS) is 12.1. The number of methoxy groups -OCH3 is 1. The second kappa shape index (κ2) is 15.5. The molecular formula is C38H42N4O7S. The Balaban J connectivity index is 1.52. The van der Waals surface area contributed by atoms with Crippen molar-refractivity contribution in [3.8, 4) is 27.3 Å². The lowest BCUT2D eigenvalue weighted by atomic mass is 9.93. The van der Waals surface area contributed by atoms with Gasteiger partial charge in [-0.1, -0.05) is 26.0 Å². The van der Waals surface area contributed by atoms with Gasteiger partial charge in [0, 0.05) is 51.8 Å².